The van der Waals surface area contributed by atoms with Gasteiger partial charge in [-0.1, -0.05) is 0 Å². The molecule has 0 saturated heterocycles. The fourth-order valence-electron chi connectivity index (χ4n) is 2.83. The molecular formula is C17H18F2N10. The molecule has 4 aromatic rings. The first-order chi connectivity index (χ1) is 13.7. The van der Waals surface area contributed by atoms with E-state index in [0.717, 1.165) is 11.3 Å². The minimum absolute atomic E-state index is 0.00402. The van der Waals surface area contributed by atoms with Crippen molar-refractivity contribution in [3.05, 3.63) is 42.4 Å². The summed E-state index contributed by atoms with van der Waals surface area (Å²) in [4.78, 5) is 21.2. The van der Waals surface area contributed by atoms with Gasteiger partial charge in [0.15, 0.2) is 5.82 Å². The summed E-state index contributed by atoms with van der Waals surface area (Å²) in [6, 6.07) is 1.50. The first-order valence-electron chi connectivity index (χ1n) is 8.66. The number of imidazole rings is 1. The number of nitrogens with one attached hydrogen (secondary N) is 1. The van der Waals surface area contributed by atoms with E-state index in [0.29, 0.717) is 16.1 Å². The van der Waals surface area contributed by atoms with Crippen LogP contribution in [0.5, 0.6) is 0 Å². The number of nitrogens with two attached hydrogens (primary N) is 1. The Labute approximate surface area is 163 Å². The van der Waals surface area contributed by atoms with Gasteiger partial charge in [0, 0.05) is 12.4 Å². The maximum absolute atomic E-state index is 12.8. The van der Waals surface area contributed by atoms with Crippen LogP contribution in [0.25, 0.3) is 17.0 Å². The number of hydrogen-bond acceptors (Lipinski definition) is 8. The summed E-state index contributed by atoms with van der Waals surface area (Å²) in [7, 11) is 0. The van der Waals surface area contributed by atoms with Crippen molar-refractivity contribution in [2.75, 3.05) is 11.1 Å². The Morgan fingerprint density at radius 3 is 2.62 bits per heavy atom. The number of anilines is 2. The third-order valence-electron chi connectivity index (χ3n) is 4.35. The molecule has 0 aromatic carbocycles. The average Bonchev–Trinajstić information content (AvgIpc) is 3.29. The Morgan fingerprint density at radius 2 is 1.90 bits per heavy atom. The van der Waals surface area contributed by atoms with E-state index in [1.54, 1.807) is 32.4 Å². The van der Waals surface area contributed by atoms with Crippen LogP contribution in [0, 0.1) is 6.92 Å². The topological polar surface area (TPSA) is 125 Å². The molecule has 0 amide bonds. The summed E-state index contributed by atoms with van der Waals surface area (Å²) in [6.07, 6.45) is 6.33. The third-order valence-corrected chi connectivity index (χ3v) is 4.35. The van der Waals surface area contributed by atoms with Crippen molar-refractivity contribution in [1.29, 1.82) is 0 Å². The molecule has 0 aliphatic rings. The molecule has 12 heteroatoms. The lowest BCUT2D eigenvalue weighted by Crippen LogP contribution is -2.30. The van der Waals surface area contributed by atoms with Gasteiger partial charge in [-0.15, -0.1) is 0 Å². The Kier molecular flexibility index (Phi) is 4.32. The van der Waals surface area contributed by atoms with Crippen molar-refractivity contribution in [1.82, 2.24) is 39.1 Å². The smallest absolute Gasteiger partial charge is 0.333 e. The molecule has 0 unspecified atom stereocenters. The summed E-state index contributed by atoms with van der Waals surface area (Å²) in [5, 5.41) is 6.97. The highest BCUT2D eigenvalue weighted by Crippen LogP contribution is 2.25. The SMILES string of the molecule is Cc1ncc2cnc(-c3nc(N)nc(NC(C)(C)c4ccn(C(F)F)n4)n3)cn12. The molecule has 0 aliphatic carbocycles. The molecule has 0 aliphatic heterocycles. The molecule has 0 bridgehead atoms. The van der Waals surface area contributed by atoms with Crippen molar-refractivity contribution in [2.24, 2.45) is 0 Å². The predicted molar refractivity (Wildman–Crippen MR) is 101 cm³/mol. The van der Waals surface area contributed by atoms with Crippen LogP contribution < -0.4 is 11.1 Å². The molecule has 4 heterocycles. The van der Waals surface area contributed by atoms with Gasteiger partial charge in [-0.25, -0.2) is 14.6 Å². The largest absolute Gasteiger partial charge is 0.368 e. The number of halogens is 2. The highest BCUT2D eigenvalue weighted by molar-refractivity contribution is 5.56. The zero-order valence-electron chi connectivity index (χ0n) is 15.9. The summed E-state index contributed by atoms with van der Waals surface area (Å²) in [6.45, 7) is 2.69. The summed E-state index contributed by atoms with van der Waals surface area (Å²) >= 11 is 0. The molecule has 4 aromatic heterocycles. The molecule has 0 saturated carbocycles. The van der Waals surface area contributed by atoms with E-state index in [1.165, 1.54) is 12.3 Å². The molecule has 0 radical (unpaired) electrons. The van der Waals surface area contributed by atoms with Crippen LogP contribution in [0.15, 0.2) is 30.9 Å². The fourth-order valence-corrected chi connectivity index (χ4v) is 2.83. The Morgan fingerprint density at radius 1 is 1.14 bits per heavy atom. The van der Waals surface area contributed by atoms with Gasteiger partial charge in [0.2, 0.25) is 11.9 Å². The van der Waals surface area contributed by atoms with Crippen LogP contribution in [0.2, 0.25) is 0 Å². The second kappa shape index (κ2) is 6.72. The van der Waals surface area contributed by atoms with Crippen LogP contribution >= 0.6 is 0 Å². The van der Waals surface area contributed by atoms with Crippen LogP contribution in [0.1, 0.15) is 31.9 Å². The molecule has 29 heavy (non-hydrogen) atoms. The van der Waals surface area contributed by atoms with Crippen LogP contribution in [-0.2, 0) is 5.54 Å². The average molecular weight is 400 g/mol. The molecule has 150 valence electrons. The van der Waals surface area contributed by atoms with Gasteiger partial charge in [0.1, 0.15) is 11.5 Å². The minimum Gasteiger partial charge on any atom is -0.368 e. The number of alkyl halides is 2. The molecule has 10 nitrogen and oxygen atoms in total. The standard InChI is InChI=1S/C17H18F2N10/c1-9-21-6-10-7-22-11(8-28(9)10)13-23-15(20)25-16(24-13)26-17(2,3)12-4-5-29(27-12)14(18)19/h4-8,14H,1-3H3,(H3,20,23,24,25,26). The van der Waals surface area contributed by atoms with Gasteiger partial charge < -0.3 is 15.5 Å². The van der Waals surface area contributed by atoms with E-state index in [2.05, 4.69) is 35.3 Å². The number of rotatable bonds is 5. The van der Waals surface area contributed by atoms with Gasteiger partial charge >= 0.3 is 6.55 Å². The van der Waals surface area contributed by atoms with Gasteiger partial charge in [-0.05, 0) is 26.8 Å². The van der Waals surface area contributed by atoms with E-state index >= 15 is 0 Å². The summed E-state index contributed by atoms with van der Waals surface area (Å²) in [5.41, 5.74) is 6.72. The number of nitrogens with zero attached hydrogens (tertiary/aromatic N) is 8. The predicted octanol–water partition coefficient (Wildman–Crippen LogP) is 2.41. The quantitative estimate of drug-likeness (QED) is 0.523. The first kappa shape index (κ1) is 18.7. The van der Waals surface area contributed by atoms with Crippen LogP contribution in [-0.4, -0.2) is 39.1 Å². The second-order valence-corrected chi connectivity index (χ2v) is 6.92. The summed E-state index contributed by atoms with van der Waals surface area (Å²) < 4.78 is 28.1. The zero-order valence-corrected chi connectivity index (χ0v) is 15.9. The summed E-state index contributed by atoms with van der Waals surface area (Å²) in [5.74, 6) is 1.23. The van der Waals surface area contributed by atoms with Gasteiger partial charge in [0.25, 0.3) is 0 Å². The molecule has 0 spiro atoms. The molecule has 4 rings (SSSR count). The van der Waals surface area contributed by atoms with E-state index in [4.69, 9.17) is 5.73 Å². The molecular weight excluding hydrogens is 382 g/mol. The van der Waals surface area contributed by atoms with Gasteiger partial charge in [0.05, 0.1) is 29.1 Å². The zero-order chi connectivity index (χ0) is 20.8. The number of fused-ring (bicyclic) bond motifs is 1. The number of aromatic nitrogens is 8. The van der Waals surface area contributed by atoms with Crippen LogP contribution in [0.3, 0.4) is 0 Å². The van der Waals surface area contributed by atoms with Crippen molar-refractivity contribution < 1.29 is 8.78 Å². The van der Waals surface area contributed by atoms with E-state index < -0.39 is 12.1 Å². The normalized spacial score (nSPS) is 12.1. The maximum Gasteiger partial charge on any atom is 0.333 e. The maximum atomic E-state index is 12.8. The monoisotopic (exact) mass is 400 g/mol. The highest BCUT2D eigenvalue weighted by Gasteiger charge is 2.26. The van der Waals surface area contributed by atoms with Crippen molar-refractivity contribution in [3.8, 4) is 11.5 Å². The lowest BCUT2D eigenvalue weighted by Gasteiger charge is -2.24. The lowest BCUT2D eigenvalue weighted by molar-refractivity contribution is 0.0558. The van der Waals surface area contributed by atoms with Crippen molar-refractivity contribution >= 4 is 17.4 Å². The number of hydrogen-bond donors (Lipinski definition) is 2. The van der Waals surface area contributed by atoms with Crippen molar-refractivity contribution in [3.63, 3.8) is 0 Å². The number of nitrogen functional groups attached to an aromatic ring is 1. The minimum atomic E-state index is -2.72. The van der Waals surface area contributed by atoms with Crippen LogP contribution in [0.4, 0.5) is 20.7 Å². The Bertz CT molecular complexity index is 1180. The highest BCUT2D eigenvalue weighted by atomic mass is 19.3. The number of aryl methyl sites for hydroxylation is 1. The van der Waals surface area contributed by atoms with Crippen molar-refractivity contribution in [2.45, 2.75) is 32.9 Å². The first-order valence-corrected chi connectivity index (χ1v) is 8.66. The van der Waals surface area contributed by atoms with E-state index in [-0.39, 0.29) is 17.7 Å². The molecule has 0 fully saturated rings. The van der Waals surface area contributed by atoms with E-state index in [9.17, 15) is 8.78 Å². The fraction of sp³-hybridized carbons (Fsp3) is 0.294. The lowest BCUT2D eigenvalue weighted by atomic mass is 10.0. The van der Waals surface area contributed by atoms with Gasteiger partial charge in [-0.3, -0.25) is 0 Å². The Balaban J connectivity index is 1.67. The molecule has 3 N–H and O–H groups in total. The third kappa shape index (κ3) is 3.56. The van der Waals surface area contributed by atoms with Gasteiger partial charge in [-0.2, -0.15) is 28.8 Å². The molecule has 0 atom stereocenters. The second-order valence-electron chi connectivity index (χ2n) is 6.92. The van der Waals surface area contributed by atoms with E-state index in [1.807, 2.05) is 11.3 Å². The Hall–Kier alpha value is -3.70.